The topological polar surface area (TPSA) is 162 Å². The van der Waals surface area contributed by atoms with Gasteiger partial charge in [0.15, 0.2) is 11.6 Å². The molecule has 5 aliphatic heterocycles. The number of benzene rings is 5. The van der Waals surface area contributed by atoms with E-state index < -0.39 is 0 Å². The van der Waals surface area contributed by atoms with Crippen molar-refractivity contribution in [1.82, 2.24) is 59.9 Å². The summed E-state index contributed by atoms with van der Waals surface area (Å²) in [5, 5.41) is 20.5. The number of rotatable bonds is 10. The SMILES string of the molecule is CN1CCN(/C(=N\c2ccccc2)N(Nc2ccc3[nH]nc(-c4nc5ccc(N6CCC(N7CCCCC7)CC6)cc5[nH]4)c3c2)c2ccc3[nH]nc(-c4nc5ccc(N6CCC(N7CCCCC7)CC6)cc5[nH]4)c3c2)CC1. The van der Waals surface area contributed by atoms with Crippen molar-refractivity contribution >= 4 is 78.3 Å². The van der Waals surface area contributed by atoms with E-state index in [0.29, 0.717) is 12.1 Å². The molecule has 0 amide bonds. The number of hydrogen-bond donors (Lipinski definition) is 5. The quantitative estimate of drug-likeness (QED) is 0.0502. The fourth-order valence-corrected chi connectivity index (χ4v) is 13.0. The van der Waals surface area contributed by atoms with Crippen LogP contribution in [0.25, 0.3) is 66.9 Å². The molecule has 9 aromatic rings. The zero-order valence-electron chi connectivity index (χ0n) is 44.4. The summed E-state index contributed by atoms with van der Waals surface area (Å²) in [5.74, 6) is 2.26. The van der Waals surface area contributed by atoms with Crippen molar-refractivity contribution in [3.8, 4) is 23.0 Å². The Morgan fingerprint density at radius 2 is 1.06 bits per heavy atom. The monoisotopic (exact) mass is 1030 g/mol. The number of hydrazine groups is 1. The van der Waals surface area contributed by atoms with Gasteiger partial charge in [-0.3, -0.25) is 15.6 Å². The van der Waals surface area contributed by atoms with Crippen LogP contribution in [-0.4, -0.2) is 164 Å². The predicted molar refractivity (Wildman–Crippen MR) is 312 cm³/mol. The Bertz CT molecular complexity index is 3520. The third-order valence-corrected chi connectivity index (χ3v) is 17.4. The number of nitrogens with one attached hydrogen (secondary N) is 5. The van der Waals surface area contributed by atoms with Crippen LogP contribution in [0, 0.1) is 0 Å². The number of aromatic nitrogens is 8. The van der Waals surface area contributed by atoms with Crippen LogP contribution in [-0.2, 0) is 0 Å². The Hall–Kier alpha value is -7.47. The first kappa shape index (κ1) is 47.9. The van der Waals surface area contributed by atoms with Crippen molar-refractivity contribution < 1.29 is 0 Å². The summed E-state index contributed by atoms with van der Waals surface area (Å²) in [6, 6.07) is 37.8. The Morgan fingerprint density at radius 1 is 0.532 bits per heavy atom. The normalized spacial score (nSPS) is 19.4. The molecule has 0 aliphatic carbocycles. The molecule has 77 heavy (non-hydrogen) atoms. The van der Waals surface area contributed by atoms with Crippen LogP contribution in [0.4, 0.5) is 28.4 Å². The van der Waals surface area contributed by atoms with Crippen LogP contribution in [0.5, 0.6) is 0 Å². The lowest BCUT2D eigenvalue weighted by molar-refractivity contribution is 0.141. The molecule has 0 spiro atoms. The van der Waals surface area contributed by atoms with Crippen LogP contribution in [0.2, 0.25) is 0 Å². The number of fused-ring (bicyclic) bond motifs is 4. The van der Waals surface area contributed by atoms with Crippen LogP contribution >= 0.6 is 0 Å². The summed E-state index contributed by atoms with van der Waals surface area (Å²) in [6.07, 6.45) is 13.0. The van der Waals surface area contributed by atoms with Crippen LogP contribution in [0.3, 0.4) is 0 Å². The van der Waals surface area contributed by atoms with Gasteiger partial charge >= 0.3 is 0 Å². The molecule has 9 heterocycles. The highest BCUT2D eigenvalue weighted by molar-refractivity contribution is 6.04. The number of aromatic amines is 4. The van der Waals surface area contributed by atoms with Crippen molar-refractivity contribution in [2.45, 2.75) is 76.3 Å². The summed E-state index contributed by atoms with van der Waals surface area (Å²) in [4.78, 5) is 38.4. The lowest BCUT2D eigenvalue weighted by atomic mass is 9.99. The number of likely N-dealkylation sites (N-methyl/N-ethyl adjacent to an activating group) is 1. The van der Waals surface area contributed by atoms with E-state index in [4.69, 9.17) is 25.2 Å². The second-order valence-electron chi connectivity index (χ2n) is 22.3. The molecule has 5 aliphatic rings. The van der Waals surface area contributed by atoms with Crippen LogP contribution in [0.1, 0.15) is 64.2 Å². The van der Waals surface area contributed by atoms with Gasteiger partial charge in [-0.05, 0) is 170 Å². The fraction of sp³-hybridized carbons (Fsp3) is 0.417. The van der Waals surface area contributed by atoms with Crippen molar-refractivity contribution in [3.05, 3.63) is 103 Å². The maximum Gasteiger partial charge on any atom is 0.225 e. The lowest BCUT2D eigenvalue weighted by Crippen LogP contribution is -2.54. The molecule has 0 bridgehead atoms. The van der Waals surface area contributed by atoms with E-state index in [0.717, 1.165) is 142 Å². The number of para-hydroxylation sites is 1. The molecule has 14 rings (SSSR count). The van der Waals surface area contributed by atoms with E-state index >= 15 is 0 Å². The number of aliphatic imine (C=N–C) groups is 1. The van der Waals surface area contributed by atoms with Gasteiger partial charge < -0.3 is 39.4 Å². The maximum absolute atomic E-state index is 5.44. The van der Waals surface area contributed by atoms with Gasteiger partial charge in [0, 0.05) is 86.6 Å². The summed E-state index contributed by atoms with van der Waals surface area (Å²) in [7, 11) is 2.19. The molecule has 5 N–H and O–H groups in total. The highest BCUT2D eigenvalue weighted by Crippen LogP contribution is 2.36. The third kappa shape index (κ3) is 9.73. The minimum atomic E-state index is 0.707. The number of likely N-dealkylation sites (tertiary alicyclic amines) is 2. The number of imidazole rings is 2. The second kappa shape index (κ2) is 20.8. The summed E-state index contributed by atoms with van der Waals surface area (Å²) >= 11 is 0. The molecule has 5 aromatic carbocycles. The van der Waals surface area contributed by atoms with Crippen LogP contribution in [0.15, 0.2) is 108 Å². The van der Waals surface area contributed by atoms with Gasteiger partial charge in [0.05, 0.1) is 50.2 Å². The van der Waals surface area contributed by atoms with Crippen molar-refractivity contribution in [1.29, 1.82) is 0 Å². The molecular formula is C60H71N17. The number of H-pyrrole nitrogens is 4. The van der Waals surface area contributed by atoms with E-state index in [1.54, 1.807) is 0 Å². The van der Waals surface area contributed by atoms with Gasteiger partial charge in [0.2, 0.25) is 5.96 Å². The van der Waals surface area contributed by atoms with E-state index in [1.165, 1.54) is 102 Å². The molecule has 396 valence electrons. The predicted octanol–water partition coefficient (Wildman–Crippen LogP) is 10.2. The third-order valence-electron chi connectivity index (χ3n) is 17.4. The van der Waals surface area contributed by atoms with Gasteiger partial charge in [-0.15, -0.1) is 0 Å². The Morgan fingerprint density at radius 3 is 1.62 bits per heavy atom. The van der Waals surface area contributed by atoms with Crippen molar-refractivity contribution in [2.24, 2.45) is 4.99 Å². The van der Waals surface area contributed by atoms with E-state index in [2.05, 4.69) is 152 Å². The van der Waals surface area contributed by atoms with Gasteiger partial charge in [-0.1, -0.05) is 31.0 Å². The molecule has 17 heteroatoms. The van der Waals surface area contributed by atoms with Gasteiger partial charge in [-0.2, -0.15) is 10.2 Å². The lowest BCUT2D eigenvalue weighted by Gasteiger charge is -2.41. The number of hydrogen-bond acceptors (Lipinski definition) is 11. The number of nitrogens with zero attached hydrogens (tertiary/aromatic N) is 12. The smallest absolute Gasteiger partial charge is 0.225 e. The standard InChI is InChI=1S/C60H71N17/c1-71-33-35-76(36-34-71)60(61-41-11-5-2-6-12-41)77(47-16-18-51-49(38-47)57(69-67-51)59-63-53-20-15-46(40-55(53)65-59)75-31-23-44(24-32-75)73-27-9-4-10-28-73)70-42-13-17-50-48(37-42)56(68-66-50)58-62-52-19-14-45(39-54(52)64-58)74-29-21-43(22-30-74)72-25-7-3-8-26-72/h2,5-6,11-20,37-40,43-44,70H,3-4,7-10,21-36H2,1H3,(H,62,64)(H,63,65)(H,66,68)(H,67,69)/b61-60+. The first-order valence-electron chi connectivity index (χ1n) is 28.6. The summed E-state index contributed by atoms with van der Waals surface area (Å²) in [6.45, 7) is 12.8. The van der Waals surface area contributed by atoms with Crippen molar-refractivity contribution in [2.75, 3.05) is 106 Å². The van der Waals surface area contributed by atoms with Gasteiger partial charge in [0.25, 0.3) is 0 Å². The average molecular weight is 1030 g/mol. The molecule has 5 fully saturated rings. The molecule has 4 aromatic heterocycles. The van der Waals surface area contributed by atoms with Gasteiger partial charge in [-0.25, -0.2) is 20.0 Å². The first-order chi connectivity index (χ1) is 38.0. The highest BCUT2D eigenvalue weighted by Gasteiger charge is 2.30. The molecule has 5 saturated heterocycles. The molecular weight excluding hydrogens is 959 g/mol. The largest absolute Gasteiger partial charge is 0.371 e. The van der Waals surface area contributed by atoms with Gasteiger partial charge in [0.1, 0.15) is 11.4 Å². The Labute approximate surface area is 449 Å². The zero-order chi connectivity index (χ0) is 51.2. The van der Waals surface area contributed by atoms with E-state index in [-0.39, 0.29) is 0 Å². The number of piperidine rings is 4. The average Bonchev–Trinajstić information content (AvgIpc) is 4.34. The van der Waals surface area contributed by atoms with Crippen molar-refractivity contribution in [3.63, 3.8) is 0 Å². The molecule has 0 atom stereocenters. The Balaban J connectivity index is 0.776. The zero-order valence-corrected chi connectivity index (χ0v) is 44.4. The minimum Gasteiger partial charge on any atom is -0.371 e. The first-order valence-corrected chi connectivity index (χ1v) is 28.6. The number of piperazine rings is 1. The maximum atomic E-state index is 5.44. The number of guanidine groups is 1. The minimum absolute atomic E-state index is 0.707. The summed E-state index contributed by atoms with van der Waals surface area (Å²) in [5.41, 5.74) is 16.3. The Kier molecular flexibility index (Phi) is 13.0. The van der Waals surface area contributed by atoms with Crippen LogP contribution < -0.4 is 20.2 Å². The fourth-order valence-electron chi connectivity index (χ4n) is 13.0. The second-order valence-corrected chi connectivity index (χ2v) is 22.3. The summed E-state index contributed by atoms with van der Waals surface area (Å²) < 4.78 is 0. The van der Waals surface area contributed by atoms with E-state index in [1.807, 2.05) is 18.2 Å². The molecule has 0 unspecified atom stereocenters. The van der Waals surface area contributed by atoms with E-state index in [9.17, 15) is 0 Å². The highest BCUT2D eigenvalue weighted by atomic mass is 15.6. The molecule has 17 nitrogen and oxygen atoms in total. The molecule has 0 radical (unpaired) electrons. The number of anilines is 4. The molecule has 0 saturated carbocycles.